The van der Waals surface area contributed by atoms with Crippen LogP contribution in [0.4, 0.5) is 0 Å². The highest BCUT2D eigenvalue weighted by Gasteiger charge is 2.07. The van der Waals surface area contributed by atoms with E-state index in [1.54, 1.807) is 0 Å². The minimum atomic E-state index is 0.454. The van der Waals surface area contributed by atoms with Crippen molar-refractivity contribution >= 4 is 0 Å². The van der Waals surface area contributed by atoms with Crippen LogP contribution in [0.3, 0.4) is 0 Å². The van der Waals surface area contributed by atoms with E-state index in [0.717, 1.165) is 13.1 Å². The molecule has 0 aliphatic heterocycles. The third kappa shape index (κ3) is 2.58. The highest BCUT2D eigenvalue weighted by molar-refractivity contribution is 5.16. The van der Waals surface area contributed by atoms with Gasteiger partial charge >= 0.3 is 0 Å². The van der Waals surface area contributed by atoms with Gasteiger partial charge in [-0.2, -0.15) is 5.10 Å². The quantitative estimate of drug-likeness (QED) is 0.730. The minimum Gasteiger partial charge on any atom is -0.313 e. The molecule has 0 spiro atoms. The zero-order valence-corrected chi connectivity index (χ0v) is 9.67. The summed E-state index contributed by atoms with van der Waals surface area (Å²) in [5, 5.41) is 7.76. The van der Waals surface area contributed by atoms with Crippen LogP contribution in [-0.2, 0) is 6.54 Å². The maximum absolute atomic E-state index is 4.37. The highest BCUT2D eigenvalue weighted by Crippen LogP contribution is 2.12. The van der Waals surface area contributed by atoms with E-state index in [9.17, 15) is 0 Å². The largest absolute Gasteiger partial charge is 0.313 e. The smallest absolute Gasteiger partial charge is 0.0537 e. The molecular formula is C11H21N3. The number of hydrogen-bond donors (Lipinski definition) is 1. The number of hydrogen-bond acceptors (Lipinski definition) is 2. The Hall–Kier alpha value is -0.830. The van der Waals surface area contributed by atoms with Gasteiger partial charge in [0.1, 0.15) is 0 Å². The van der Waals surface area contributed by atoms with E-state index in [-0.39, 0.29) is 0 Å². The van der Waals surface area contributed by atoms with Crippen LogP contribution in [0.5, 0.6) is 0 Å². The van der Waals surface area contributed by atoms with Crippen molar-refractivity contribution in [3.8, 4) is 0 Å². The first-order chi connectivity index (χ1) is 6.66. The molecule has 0 aliphatic carbocycles. The van der Waals surface area contributed by atoms with Crippen molar-refractivity contribution in [1.82, 2.24) is 15.1 Å². The molecule has 0 aromatic carbocycles. The molecule has 0 amide bonds. The molecular weight excluding hydrogens is 174 g/mol. The van der Waals surface area contributed by atoms with Gasteiger partial charge in [-0.05, 0) is 33.7 Å². The van der Waals surface area contributed by atoms with E-state index < -0.39 is 0 Å². The maximum atomic E-state index is 4.37. The summed E-state index contributed by atoms with van der Waals surface area (Å²) < 4.78 is 2.07. The van der Waals surface area contributed by atoms with Gasteiger partial charge in [0.05, 0.1) is 6.20 Å². The fourth-order valence-corrected chi connectivity index (χ4v) is 1.55. The van der Waals surface area contributed by atoms with E-state index in [0.29, 0.717) is 6.04 Å². The van der Waals surface area contributed by atoms with Gasteiger partial charge in [0.15, 0.2) is 0 Å². The Morgan fingerprint density at radius 1 is 1.50 bits per heavy atom. The van der Waals surface area contributed by atoms with Crippen molar-refractivity contribution in [2.45, 2.75) is 46.7 Å². The Bertz CT molecular complexity index is 276. The van der Waals surface area contributed by atoms with Gasteiger partial charge in [0, 0.05) is 23.8 Å². The lowest BCUT2D eigenvalue weighted by molar-refractivity contribution is 0.517. The summed E-state index contributed by atoms with van der Waals surface area (Å²) in [6.07, 6.45) is 3.15. The second-order valence-electron chi connectivity index (χ2n) is 3.97. The van der Waals surface area contributed by atoms with Gasteiger partial charge in [-0.1, -0.05) is 6.92 Å². The van der Waals surface area contributed by atoms with Crippen LogP contribution in [0.25, 0.3) is 0 Å². The summed E-state index contributed by atoms with van der Waals surface area (Å²) in [6.45, 7) is 10.6. The summed E-state index contributed by atoms with van der Waals surface area (Å²) in [6, 6.07) is 0.454. The van der Waals surface area contributed by atoms with Gasteiger partial charge < -0.3 is 5.32 Å². The predicted molar refractivity (Wildman–Crippen MR) is 59.3 cm³/mol. The van der Waals surface area contributed by atoms with E-state index in [1.807, 2.05) is 6.20 Å². The summed E-state index contributed by atoms with van der Waals surface area (Å²) in [5.74, 6) is 0. The molecule has 1 N–H and O–H groups in total. The number of nitrogens with zero attached hydrogens (tertiary/aromatic N) is 2. The van der Waals surface area contributed by atoms with Crippen molar-refractivity contribution in [2.75, 3.05) is 6.54 Å². The lowest BCUT2D eigenvalue weighted by atomic mass is 10.2. The molecule has 0 aliphatic rings. The van der Waals surface area contributed by atoms with Crippen LogP contribution in [0.1, 0.15) is 44.5 Å². The number of aromatic nitrogens is 2. The summed E-state index contributed by atoms with van der Waals surface area (Å²) in [7, 11) is 0. The standard InChI is InChI=1S/C11H21N3/c1-5-6-12-7-11-8-13-14(9(2)3)10(11)4/h8-9,12H,5-7H2,1-4H3. The molecule has 3 nitrogen and oxygen atoms in total. The van der Waals surface area contributed by atoms with Gasteiger partial charge in [0.2, 0.25) is 0 Å². The van der Waals surface area contributed by atoms with E-state index in [2.05, 4.69) is 42.8 Å². The number of rotatable bonds is 5. The van der Waals surface area contributed by atoms with Gasteiger partial charge in [-0.15, -0.1) is 0 Å². The Morgan fingerprint density at radius 3 is 2.71 bits per heavy atom. The van der Waals surface area contributed by atoms with Gasteiger partial charge in [0.25, 0.3) is 0 Å². The zero-order valence-electron chi connectivity index (χ0n) is 9.67. The van der Waals surface area contributed by atoms with Crippen LogP contribution in [0.15, 0.2) is 6.20 Å². The Morgan fingerprint density at radius 2 is 2.21 bits per heavy atom. The van der Waals surface area contributed by atoms with Crippen molar-refractivity contribution in [2.24, 2.45) is 0 Å². The molecule has 14 heavy (non-hydrogen) atoms. The van der Waals surface area contributed by atoms with Crippen LogP contribution in [0.2, 0.25) is 0 Å². The lowest BCUT2D eigenvalue weighted by Crippen LogP contribution is -2.14. The normalized spacial score (nSPS) is 11.2. The maximum Gasteiger partial charge on any atom is 0.0537 e. The molecule has 0 saturated heterocycles. The van der Waals surface area contributed by atoms with E-state index in [1.165, 1.54) is 17.7 Å². The third-order valence-electron chi connectivity index (χ3n) is 2.38. The molecule has 1 aromatic heterocycles. The minimum absolute atomic E-state index is 0.454. The van der Waals surface area contributed by atoms with Crippen LogP contribution in [0, 0.1) is 6.92 Å². The molecule has 1 aromatic rings. The monoisotopic (exact) mass is 195 g/mol. The average molecular weight is 195 g/mol. The van der Waals surface area contributed by atoms with Crippen molar-refractivity contribution < 1.29 is 0 Å². The summed E-state index contributed by atoms with van der Waals surface area (Å²) >= 11 is 0. The second-order valence-corrected chi connectivity index (χ2v) is 3.97. The van der Waals surface area contributed by atoms with E-state index >= 15 is 0 Å². The topological polar surface area (TPSA) is 29.9 Å². The van der Waals surface area contributed by atoms with E-state index in [4.69, 9.17) is 0 Å². The molecule has 0 unspecified atom stereocenters. The summed E-state index contributed by atoms with van der Waals surface area (Å²) in [5.41, 5.74) is 2.59. The van der Waals surface area contributed by atoms with Gasteiger partial charge in [-0.3, -0.25) is 4.68 Å². The first kappa shape index (κ1) is 11.2. The van der Waals surface area contributed by atoms with Crippen molar-refractivity contribution in [3.05, 3.63) is 17.5 Å². The Balaban J connectivity index is 2.60. The predicted octanol–water partition coefficient (Wildman–Crippen LogP) is 2.27. The molecule has 1 heterocycles. The highest BCUT2D eigenvalue weighted by atomic mass is 15.3. The summed E-state index contributed by atoms with van der Waals surface area (Å²) in [4.78, 5) is 0. The fraction of sp³-hybridized carbons (Fsp3) is 0.727. The second kappa shape index (κ2) is 5.15. The lowest BCUT2D eigenvalue weighted by Gasteiger charge is -2.09. The fourth-order valence-electron chi connectivity index (χ4n) is 1.55. The Kier molecular flexibility index (Phi) is 4.14. The van der Waals surface area contributed by atoms with Crippen molar-refractivity contribution in [3.63, 3.8) is 0 Å². The average Bonchev–Trinajstić information content (AvgIpc) is 2.48. The molecule has 0 fully saturated rings. The van der Waals surface area contributed by atoms with Crippen LogP contribution < -0.4 is 5.32 Å². The first-order valence-electron chi connectivity index (χ1n) is 5.40. The Labute approximate surface area is 86.5 Å². The van der Waals surface area contributed by atoms with Crippen molar-refractivity contribution in [1.29, 1.82) is 0 Å². The SMILES string of the molecule is CCCNCc1cnn(C(C)C)c1C. The molecule has 0 radical (unpaired) electrons. The third-order valence-corrected chi connectivity index (χ3v) is 2.38. The zero-order chi connectivity index (χ0) is 10.6. The molecule has 0 bridgehead atoms. The number of nitrogens with one attached hydrogen (secondary N) is 1. The first-order valence-corrected chi connectivity index (χ1v) is 5.40. The molecule has 1 rings (SSSR count). The molecule has 0 atom stereocenters. The van der Waals surface area contributed by atoms with Crippen LogP contribution >= 0.6 is 0 Å². The molecule has 80 valence electrons. The molecule has 0 saturated carbocycles. The molecule has 3 heteroatoms. The van der Waals surface area contributed by atoms with Gasteiger partial charge in [-0.25, -0.2) is 0 Å². The van der Waals surface area contributed by atoms with Crippen LogP contribution in [-0.4, -0.2) is 16.3 Å².